The van der Waals surface area contributed by atoms with Gasteiger partial charge in [0.05, 0.1) is 5.52 Å². The molecule has 0 spiro atoms. The summed E-state index contributed by atoms with van der Waals surface area (Å²) in [6, 6.07) is 8.59. The molecule has 122 valence electrons. The second-order valence-corrected chi connectivity index (χ2v) is 6.43. The molecule has 0 bridgehead atoms. The normalized spacial score (nSPS) is 11.8. The Morgan fingerprint density at radius 3 is 2.79 bits per heavy atom. The quantitative estimate of drug-likeness (QED) is 0.627. The number of likely N-dealkylation sites (N-methyl/N-ethyl adjacent to an activating group) is 1. The lowest BCUT2D eigenvalue weighted by molar-refractivity contribution is 0.425. The van der Waals surface area contributed by atoms with Gasteiger partial charge in [-0.1, -0.05) is 0 Å². The van der Waals surface area contributed by atoms with E-state index < -0.39 is 0 Å². The predicted molar refractivity (Wildman–Crippen MR) is 101 cm³/mol. The third kappa shape index (κ3) is 2.37. The van der Waals surface area contributed by atoms with E-state index in [0.717, 1.165) is 24.3 Å². The fourth-order valence-corrected chi connectivity index (χ4v) is 3.26. The molecule has 4 aromatic rings. The van der Waals surface area contributed by atoms with Gasteiger partial charge in [0.25, 0.3) is 0 Å². The number of hydrogen-bond donors (Lipinski definition) is 1. The third-order valence-electron chi connectivity index (χ3n) is 4.53. The van der Waals surface area contributed by atoms with Gasteiger partial charge in [-0.2, -0.15) is 0 Å². The van der Waals surface area contributed by atoms with Crippen LogP contribution >= 0.6 is 0 Å². The summed E-state index contributed by atoms with van der Waals surface area (Å²) in [7, 11) is 6.26. The summed E-state index contributed by atoms with van der Waals surface area (Å²) in [5.74, 6) is 0.947. The standard InChI is InChI=1S/C19H21N5/c1-23(2)9-8-22-19-18-15-10-14-12-20-6-4-13(14)11-17(15)24(3)16(18)5-7-21-19/h4-7,10-12H,8-9H2,1-3H3,(H,21,22). The Morgan fingerprint density at radius 2 is 1.96 bits per heavy atom. The van der Waals surface area contributed by atoms with Crippen LogP contribution in [0.25, 0.3) is 32.6 Å². The maximum atomic E-state index is 4.59. The number of benzene rings is 1. The van der Waals surface area contributed by atoms with Crippen molar-refractivity contribution in [3.05, 3.63) is 42.9 Å². The molecule has 0 aliphatic heterocycles. The van der Waals surface area contributed by atoms with Crippen molar-refractivity contribution in [3.63, 3.8) is 0 Å². The number of nitrogens with one attached hydrogen (secondary N) is 1. The maximum absolute atomic E-state index is 4.59. The molecule has 24 heavy (non-hydrogen) atoms. The molecule has 0 saturated carbocycles. The molecule has 0 aliphatic carbocycles. The lowest BCUT2D eigenvalue weighted by atomic mass is 10.1. The van der Waals surface area contributed by atoms with Crippen LogP contribution in [0, 0.1) is 0 Å². The van der Waals surface area contributed by atoms with E-state index in [-0.39, 0.29) is 0 Å². The van der Waals surface area contributed by atoms with Crippen LogP contribution in [-0.4, -0.2) is 46.6 Å². The highest BCUT2D eigenvalue weighted by atomic mass is 15.1. The number of fused-ring (bicyclic) bond motifs is 4. The van der Waals surface area contributed by atoms with Gasteiger partial charge >= 0.3 is 0 Å². The first-order valence-electron chi connectivity index (χ1n) is 8.14. The number of nitrogens with zero attached hydrogens (tertiary/aromatic N) is 4. The van der Waals surface area contributed by atoms with E-state index in [1.54, 1.807) is 0 Å². The lowest BCUT2D eigenvalue weighted by Crippen LogP contribution is -2.21. The van der Waals surface area contributed by atoms with Gasteiger partial charge in [-0.05, 0) is 43.7 Å². The zero-order chi connectivity index (χ0) is 16.7. The van der Waals surface area contributed by atoms with Crippen molar-refractivity contribution in [2.45, 2.75) is 0 Å². The van der Waals surface area contributed by atoms with Crippen molar-refractivity contribution < 1.29 is 0 Å². The Balaban J connectivity index is 1.94. The molecule has 0 saturated heterocycles. The van der Waals surface area contributed by atoms with E-state index in [2.05, 4.69) is 70.2 Å². The Bertz CT molecular complexity index is 1030. The first-order chi connectivity index (χ1) is 11.6. The van der Waals surface area contributed by atoms with E-state index in [1.165, 1.54) is 27.2 Å². The van der Waals surface area contributed by atoms with Crippen molar-refractivity contribution >= 4 is 38.4 Å². The molecule has 5 nitrogen and oxygen atoms in total. The van der Waals surface area contributed by atoms with Crippen molar-refractivity contribution in [1.29, 1.82) is 0 Å². The van der Waals surface area contributed by atoms with Crippen molar-refractivity contribution in [1.82, 2.24) is 19.4 Å². The number of anilines is 1. The smallest absolute Gasteiger partial charge is 0.136 e. The molecule has 1 N–H and O–H groups in total. The van der Waals surface area contributed by atoms with Crippen molar-refractivity contribution in [2.75, 3.05) is 32.5 Å². The van der Waals surface area contributed by atoms with Crippen LogP contribution in [0.5, 0.6) is 0 Å². The molecule has 0 fully saturated rings. The fraction of sp³-hybridized carbons (Fsp3) is 0.263. The molecule has 4 rings (SSSR count). The molecule has 0 radical (unpaired) electrons. The van der Waals surface area contributed by atoms with Crippen molar-refractivity contribution in [3.8, 4) is 0 Å². The Hall–Kier alpha value is -2.66. The molecule has 3 heterocycles. The number of pyridine rings is 2. The largest absolute Gasteiger partial charge is 0.368 e. The minimum atomic E-state index is 0.866. The van der Waals surface area contributed by atoms with Crippen LogP contribution in [0.2, 0.25) is 0 Å². The minimum absolute atomic E-state index is 0.866. The van der Waals surface area contributed by atoms with E-state index in [1.807, 2.05) is 18.6 Å². The number of aromatic nitrogens is 3. The van der Waals surface area contributed by atoms with Crippen LogP contribution in [0.15, 0.2) is 42.9 Å². The second kappa shape index (κ2) is 5.76. The molecule has 0 aliphatic rings. The predicted octanol–water partition coefficient (Wildman–Crippen LogP) is 3.25. The summed E-state index contributed by atoms with van der Waals surface area (Å²) in [5.41, 5.74) is 2.41. The molecule has 0 atom stereocenters. The Labute approximate surface area is 140 Å². The fourth-order valence-electron chi connectivity index (χ4n) is 3.26. The number of hydrogen-bond acceptors (Lipinski definition) is 4. The molecule has 0 amide bonds. The van der Waals surface area contributed by atoms with E-state index in [9.17, 15) is 0 Å². The van der Waals surface area contributed by atoms with Gasteiger partial charge in [0, 0.05) is 60.4 Å². The van der Waals surface area contributed by atoms with Gasteiger partial charge in [-0.15, -0.1) is 0 Å². The van der Waals surface area contributed by atoms with Gasteiger partial charge in [0.15, 0.2) is 0 Å². The lowest BCUT2D eigenvalue weighted by Gasteiger charge is -2.11. The van der Waals surface area contributed by atoms with Gasteiger partial charge in [-0.25, -0.2) is 4.98 Å². The van der Waals surface area contributed by atoms with Gasteiger partial charge in [0.2, 0.25) is 0 Å². The topological polar surface area (TPSA) is 46.0 Å². The Morgan fingerprint density at radius 1 is 1.08 bits per heavy atom. The van der Waals surface area contributed by atoms with E-state index in [0.29, 0.717) is 0 Å². The monoisotopic (exact) mass is 319 g/mol. The zero-order valence-electron chi connectivity index (χ0n) is 14.2. The molecular formula is C19H21N5. The summed E-state index contributed by atoms with van der Waals surface area (Å²) in [6.45, 7) is 1.83. The van der Waals surface area contributed by atoms with Gasteiger partial charge < -0.3 is 14.8 Å². The highest BCUT2D eigenvalue weighted by Gasteiger charge is 2.13. The number of rotatable bonds is 4. The summed E-state index contributed by atoms with van der Waals surface area (Å²) < 4.78 is 2.24. The van der Waals surface area contributed by atoms with Gasteiger partial charge in [0.1, 0.15) is 5.82 Å². The molecule has 3 aromatic heterocycles. The summed E-state index contributed by atoms with van der Waals surface area (Å²) >= 11 is 0. The first-order valence-corrected chi connectivity index (χ1v) is 8.14. The van der Waals surface area contributed by atoms with Crippen LogP contribution < -0.4 is 5.32 Å². The van der Waals surface area contributed by atoms with Crippen LogP contribution in [0.3, 0.4) is 0 Å². The summed E-state index contributed by atoms with van der Waals surface area (Å²) in [4.78, 5) is 11.0. The zero-order valence-corrected chi connectivity index (χ0v) is 14.2. The summed E-state index contributed by atoms with van der Waals surface area (Å²) in [5, 5.41) is 8.25. The SMILES string of the molecule is CN(C)CCNc1nccc2c1c1cc3cnccc3cc1n2C. The minimum Gasteiger partial charge on any atom is -0.368 e. The molecule has 5 heteroatoms. The molecular weight excluding hydrogens is 298 g/mol. The van der Waals surface area contributed by atoms with Crippen LogP contribution in [-0.2, 0) is 7.05 Å². The Kier molecular flexibility index (Phi) is 3.58. The maximum Gasteiger partial charge on any atom is 0.136 e. The van der Waals surface area contributed by atoms with E-state index >= 15 is 0 Å². The van der Waals surface area contributed by atoms with E-state index in [4.69, 9.17) is 0 Å². The van der Waals surface area contributed by atoms with Crippen LogP contribution in [0.4, 0.5) is 5.82 Å². The summed E-state index contributed by atoms with van der Waals surface area (Å²) in [6.07, 6.45) is 5.64. The number of aryl methyl sites for hydroxylation is 1. The van der Waals surface area contributed by atoms with Crippen LogP contribution in [0.1, 0.15) is 0 Å². The average molecular weight is 319 g/mol. The first kappa shape index (κ1) is 14.9. The molecule has 1 aromatic carbocycles. The third-order valence-corrected chi connectivity index (χ3v) is 4.53. The highest BCUT2D eigenvalue weighted by molar-refractivity contribution is 6.16. The highest BCUT2D eigenvalue weighted by Crippen LogP contribution is 2.34. The van der Waals surface area contributed by atoms with Crippen molar-refractivity contribution in [2.24, 2.45) is 7.05 Å². The average Bonchev–Trinajstić information content (AvgIpc) is 2.86. The molecule has 0 unspecified atom stereocenters. The van der Waals surface area contributed by atoms with Gasteiger partial charge in [-0.3, -0.25) is 4.98 Å². The second-order valence-electron chi connectivity index (χ2n) is 6.43.